The van der Waals surface area contributed by atoms with Crippen molar-refractivity contribution in [2.45, 2.75) is 26.8 Å². The van der Waals surface area contributed by atoms with Crippen LogP contribution in [-0.4, -0.2) is 29.9 Å². The van der Waals surface area contributed by atoms with Crippen molar-refractivity contribution in [2.24, 2.45) is 0 Å². The van der Waals surface area contributed by atoms with E-state index in [1.165, 1.54) is 13.2 Å². The molecule has 4 aromatic carbocycles. The van der Waals surface area contributed by atoms with Crippen molar-refractivity contribution >= 4 is 45.5 Å². The molecule has 0 aliphatic rings. The van der Waals surface area contributed by atoms with E-state index in [-0.39, 0.29) is 17.6 Å². The molecule has 0 spiro atoms. The lowest BCUT2D eigenvalue weighted by atomic mass is 9.97. The van der Waals surface area contributed by atoms with Gasteiger partial charge in [-0.05, 0) is 84.1 Å². The third kappa shape index (κ3) is 5.90. The summed E-state index contributed by atoms with van der Waals surface area (Å²) < 4.78 is 4.92. The van der Waals surface area contributed by atoms with Crippen molar-refractivity contribution in [3.05, 3.63) is 130 Å². The molecule has 210 valence electrons. The fourth-order valence-corrected chi connectivity index (χ4v) is 5.21. The van der Waals surface area contributed by atoms with Crippen LogP contribution in [0.5, 0.6) is 0 Å². The van der Waals surface area contributed by atoms with Gasteiger partial charge in [0.1, 0.15) is 5.70 Å². The number of para-hydroxylation sites is 1. The number of hydrogen-bond acceptors (Lipinski definition) is 5. The summed E-state index contributed by atoms with van der Waals surface area (Å²) in [5.41, 5.74) is 4.48. The second-order valence-corrected chi connectivity index (χ2v) is 10.2. The Labute approximate surface area is 244 Å². The van der Waals surface area contributed by atoms with E-state index >= 15 is 0 Å². The first kappa shape index (κ1) is 28.2. The van der Waals surface area contributed by atoms with Crippen molar-refractivity contribution in [2.75, 3.05) is 7.11 Å². The predicted molar refractivity (Wildman–Crippen MR) is 165 cm³/mol. The Morgan fingerprint density at radius 1 is 0.833 bits per heavy atom. The molecular formula is C35H31N3O4. The molecule has 0 unspecified atom stereocenters. The highest BCUT2D eigenvalue weighted by molar-refractivity contribution is 6.06. The molecule has 5 aromatic rings. The van der Waals surface area contributed by atoms with Crippen molar-refractivity contribution in [3.8, 4) is 0 Å². The molecule has 2 amide bonds. The van der Waals surface area contributed by atoms with Crippen LogP contribution in [0.25, 0.3) is 27.8 Å². The van der Waals surface area contributed by atoms with Gasteiger partial charge in [-0.15, -0.1) is 0 Å². The van der Waals surface area contributed by atoms with Crippen LogP contribution in [0.1, 0.15) is 55.9 Å². The van der Waals surface area contributed by atoms with E-state index in [1.54, 1.807) is 32.2 Å². The average molecular weight is 558 g/mol. The van der Waals surface area contributed by atoms with E-state index in [0.717, 1.165) is 27.2 Å². The van der Waals surface area contributed by atoms with Crippen LogP contribution >= 0.6 is 0 Å². The first-order valence-corrected chi connectivity index (χ1v) is 13.6. The molecule has 5 rings (SSSR count). The lowest BCUT2D eigenvalue weighted by Gasteiger charge is -2.18. The number of aromatic nitrogens is 1. The summed E-state index contributed by atoms with van der Waals surface area (Å²) in [7, 11) is 1.25. The number of esters is 1. The van der Waals surface area contributed by atoms with Crippen LogP contribution in [0.2, 0.25) is 0 Å². The van der Waals surface area contributed by atoms with Crippen LogP contribution in [-0.2, 0) is 9.53 Å². The number of hydrogen-bond donors (Lipinski definition) is 2. The molecule has 0 saturated carbocycles. The molecule has 0 aliphatic heterocycles. The summed E-state index contributed by atoms with van der Waals surface area (Å²) in [5, 5.41) is 8.88. The summed E-state index contributed by atoms with van der Waals surface area (Å²) in [6, 6.07) is 26.7. The van der Waals surface area contributed by atoms with Crippen LogP contribution in [0, 0.1) is 13.8 Å². The van der Waals surface area contributed by atoms with Gasteiger partial charge in [0, 0.05) is 22.7 Å². The number of pyridine rings is 1. The molecule has 2 N–H and O–H groups in total. The molecular weight excluding hydrogens is 526 g/mol. The van der Waals surface area contributed by atoms with Crippen LogP contribution in [0.4, 0.5) is 0 Å². The Morgan fingerprint density at radius 2 is 1.50 bits per heavy atom. The predicted octanol–water partition coefficient (Wildman–Crippen LogP) is 6.44. The Bertz CT molecular complexity index is 1850. The molecule has 0 aliphatic carbocycles. The summed E-state index contributed by atoms with van der Waals surface area (Å²) in [4.78, 5) is 43.7. The Morgan fingerprint density at radius 3 is 2.24 bits per heavy atom. The minimum atomic E-state index is -0.690. The second kappa shape index (κ2) is 12.1. The van der Waals surface area contributed by atoms with Gasteiger partial charge in [-0.3, -0.25) is 14.6 Å². The molecule has 0 fully saturated rings. The van der Waals surface area contributed by atoms with E-state index < -0.39 is 11.9 Å². The lowest BCUT2D eigenvalue weighted by Crippen LogP contribution is -2.30. The monoisotopic (exact) mass is 557 g/mol. The van der Waals surface area contributed by atoms with E-state index in [0.29, 0.717) is 27.8 Å². The quantitative estimate of drug-likeness (QED) is 0.177. The van der Waals surface area contributed by atoms with Gasteiger partial charge in [-0.2, -0.15) is 0 Å². The zero-order valence-corrected chi connectivity index (χ0v) is 23.9. The highest BCUT2D eigenvalue weighted by Crippen LogP contribution is 2.25. The molecule has 42 heavy (non-hydrogen) atoms. The Kier molecular flexibility index (Phi) is 8.11. The number of nitrogens with zero attached hydrogens (tertiary/aromatic N) is 1. The normalized spacial score (nSPS) is 12.1. The maximum Gasteiger partial charge on any atom is 0.354 e. The molecule has 7 heteroatoms. The van der Waals surface area contributed by atoms with E-state index in [4.69, 9.17) is 4.74 Å². The number of methoxy groups -OCH3 is 1. The molecule has 1 aromatic heterocycles. The van der Waals surface area contributed by atoms with E-state index in [9.17, 15) is 14.4 Å². The van der Waals surface area contributed by atoms with Crippen molar-refractivity contribution in [1.82, 2.24) is 15.6 Å². The average Bonchev–Trinajstić information content (AvgIpc) is 2.99. The zero-order valence-electron chi connectivity index (χ0n) is 23.9. The maximum atomic E-state index is 13.4. The third-order valence-electron chi connectivity index (χ3n) is 7.24. The first-order chi connectivity index (χ1) is 20.2. The number of aryl methyl sites for hydroxylation is 2. The number of amides is 2. The van der Waals surface area contributed by atoms with Gasteiger partial charge >= 0.3 is 5.97 Å². The largest absolute Gasteiger partial charge is 0.464 e. The van der Waals surface area contributed by atoms with Gasteiger partial charge in [0.25, 0.3) is 11.8 Å². The van der Waals surface area contributed by atoms with Crippen molar-refractivity contribution in [3.63, 3.8) is 0 Å². The first-order valence-electron chi connectivity index (χ1n) is 13.6. The highest BCUT2D eigenvalue weighted by Gasteiger charge is 2.21. The van der Waals surface area contributed by atoms with Crippen LogP contribution in [0.15, 0.2) is 96.8 Å². The molecule has 0 saturated heterocycles. The minimum absolute atomic E-state index is 0.0240. The maximum absolute atomic E-state index is 13.4. The van der Waals surface area contributed by atoms with Gasteiger partial charge in [0.05, 0.1) is 18.7 Å². The number of carbonyl (C=O) groups excluding carboxylic acids is 3. The molecule has 0 radical (unpaired) electrons. The van der Waals surface area contributed by atoms with Crippen molar-refractivity contribution < 1.29 is 19.1 Å². The Balaban J connectivity index is 1.37. The zero-order chi connectivity index (χ0) is 29.8. The summed E-state index contributed by atoms with van der Waals surface area (Å²) in [5.74, 6) is -1.41. The van der Waals surface area contributed by atoms with Gasteiger partial charge in [0.15, 0.2) is 0 Å². The van der Waals surface area contributed by atoms with Crippen LogP contribution < -0.4 is 10.6 Å². The SMILES string of the molecule is COC(=O)/C(=C/c1cnc2ccccc2c1)NC(=O)c1c(C)cc(C(=O)N[C@H](C)c2cccc3ccccc23)cc1C. The van der Waals surface area contributed by atoms with E-state index in [2.05, 4.69) is 15.6 Å². The number of rotatable bonds is 7. The number of nitrogens with one attached hydrogen (secondary N) is 2. The summed E-state index contributed by atoms with van der Waals surface area (Å²) in [6.07, 6.45) is 3.16. The number of benzene rings is 4. The fraction of sp³-hybridized carbons (Fsp3) is 0.143. The van der Waals surface area contributed by atoms with Crippen LogP contribution in [0.3, 0.4) is 0 Å². The Hall–Kier alpha value is -5.30. The molecule has 7 nitrogen and oxygen atoms in total. The van der Waals surface area contributed by atoms with Gasteiger partial charge in [-0.25, -0.2) is 4.79 Å². The lowest BCUT2D eigenvalue weighted by molar-refractivity contribution is -0.136. The summed E-state index contributed by atoms with van der Waals surface area (Å²) >= 11 is 0. The summed E-state index contributed by atoms with van der Waals surface area (Å²) in [6.45, 7) is 5.48. The number of fused-ring (bicyclic) bond motifs is 2. The van der Waals surface area contributed by atoms with Gasteiger partial charge in [-0.1, -0.05) is 60.7 Å². The smallest absolute Gasteiger partial charge is 0.354 e. The minimum Gasteiger partial charge on any atom is -0.464 e. The molecule has 0 bridgehead atoms. The fourth-order valence-electron chi connectivity index (χ4n) is 5.21. The second-order valence-electron chi connectivity index (χ2n) is 10.2. The highest BCUT2D eigenvalue weighted by atomic mass is 16.5. The third-order valence-corrected chi connectivity index (χ3v) is 7.24. The van der Waals surface area contributed by atoms with Gasteiger partial charge in [0.2, 0.25) is 0 Å². The molecule has 1 heterocycles. The topological polar surface area (TPSA) is 97.4 Å². The van der Waals surface area contributed by atoms with Gasteiger partial charge < -0.3 is 15.4 Å². The van der Waals surface area contributed by atoms with Crippen molar-refractivity contribution in [1.29, 1.82) is 0 Å². The van der Waals surface area contributed by atoms with E-state index in [1.807, 2.05) is 79.7 Å². The standard InChI is InChI=1S/C35H31N3O4/c1-21-16-27(33(39)37-23(3)28-14-9-12-25-10-5-7-13-29(25)28)17-22(2)32(21)34(40)38-31(35(41)42-4)19-24-18-26-11-6-8-15-30(26)36-20-24/h5-20,23H,1-4H3,(H,37,39)(H,38,40)/b31-19-/t23-/m1/s1. The number of ether oxygens (including phenoxy) is 1. The number of carbonyl (C=O) groups is 3. The molecule has 1 atom stereocenters.